The zero-order valence-electron chi connectivity index (χ0n) is 14.9. The molecule has 1 rings (SSSR count). The highest BCUT2D eigenvalue weighted by atomic mass is 32.2. The van der Waals surface area contributed by atoms with Crippen LogP contribution in [0.1, 0.15) is 54.9 Å². The minimum absolute atomic E-state index is 0.194. The van der Waals surface area contributed by atoms with Crippen LogP contribution >= 0.6 is 0 Å². The van der Waals surface area contributed by atoms with Crippen molar-refractivity contribution in [1.82, 2.24) is 10.2 Å². The largest absolute Gasteiger partial charge is 0.311 e. The van der Waals surface area contributed by atoms with Gasteiger partial charge in [0.25, 0.3) is 0 Å². The van der Waals surface area contributed by atoms with E-state index >= 15 is 0 Å². The van der Waals surface area contributed by atoms with Gasteiger partial charge in [-0.1, -0.05) is 27.7 Å². The van der Waals surface area contributed by atoms with Gasteiger partial charge >= 0.3 is 0 Å². The van der Waals surface area contributed by atoms with Crippen molar-refractivity contribution in [2.75, 3.05) is 25.4 Å². The molecule has 2 unspecified atom stereocenters. The highest BCUT2D eigenvalue weighted by Gasteiger charge is 2.35. The van der Waals surface area contributed by atoms with E-state index in [1.165, 1.54) is 0 Å². The number of hydrogen-bond acceptors (Lipinski definition) is 4. The summed E-state index contributed by atoms with van der Waals surface area (Å²) in [7, 11) is -3.04. The predicted octanol–water partition coefficient (Wildman–Crippen LogP) is 2.30. The first-order chi connectivity index (χ1) is 9.38. The molecule has 21 heavy (non-hydrogen) atoms. The first-order valence-electron chi connectivity index (χ1n) is 8.08. The molecular formula is C16H34N2O2S. The molecule has 0 saturated carbocycles. The third kappa shape index (κ3) is 4.93. The van der Waals surface area contributed by atoms with Gasteiger partial charge in [-0.3, -0.25) is 4.90 Å². The Morgan fingerprint density at radius 3 is 2.14 bits per heavy atom. The van der Waals surface area contributed by atoms with E-state index in [2.05, 4.69) is 37.9 Å². The average Bonchev–Trinajstić information content (AvgIpc) is 2.33. The lowest BCUT2D eigenvalue weighted by Gasteiger charge is -2.45. The van der Waals surface area contributed by atoms with Gasteiger partial charge in [0, 0.05) is 31.7 Å². The summed E-state index contributed by atoms with van der Waals surface area (Å²) in [6.07, 6.45) is 1.05. The number of sulfone groups is 1. The molecule has 5 heteroatoms. The van der Waals surface area contributed by atoms with Gasteiger partial charge in [0.15, 0.2) is 9.84 Å². The van der Waals surface area contributed by atoms with Crippen LogP contribution in [0.25, 0.3) is 0 Å². The van der Waals surface area contributed by atoms with Crippen LogP contribution in [0.2, 0.25) is 0 Å². The number of piperazine rings is 1. The van der Waals surface area contributed by atoms with Gasteiger partial charge in [0.05, 0.1) is 10.5 Å². The quantitative estimate of drug-likeness (QED) is 0.864. The van der Waals surface area contributed by atoms with E-state index < -0.39 is 14.6 Å². The summed E-state index contributed by atoms with van der Waals surface area (Å²) in [5.41, 5.74) is 0.194. The lowest BCUT2D eigenvalue weighted by atomic mass is 9.84. The molecule has 0 spiro atoms. The Hall–Kier alpha value is -0.130. The van der Waals surface area contributed by atoms with E-state index in [1.54, 1.807) is 20.8 Å². The molecule has 1 aliphatic heterocycles. The van der Waals surface area contributed by atoms with Gasteiger partial charge in [-0.05, 0) is 32.6 Å². The van der Waals surface area contributed by atoms with Crippen molar-refractivity contribution >= 4 is 9.84 Å². The summed E-state index contributed by atoms with van der Waals surface area (Å²) >= 11 is 0. The van der Waals surface area contributed by atoms with Crippen molar-refractivity contribution in [1.29, 1.82) is 0 Å². The monoisotopic (exact) mass is 318 g/mol. The van der Waals surface area contributed by atoms with Crippen molar-refractivity contribution < 1.29 is 8.42 Å². The van der Waals surface area contributed by atoms with Gasteiger partial charge in [0.2, 0.25) is 0 Å². The fourth-order valence-corrected chi connectivity index (χ4v) is 3.74. The summed E-state index contributed by atoms with van der Waals surface area (Å²) in [6, 6.07) is 0.858. The Kier molecular flexibility index (Phi) is 5.90. The Balaban J connectivity index is 2.74. The van der Waals surface area contributed by atoms with Crippen LogP contribution in [0.3, 0.4) is 0 Å². The van der Waals surface area contributed by atoms with Crippen LogP contribution in [-0.4, -0.2) is 55.5 Å². The maximum atomic E-state index is 12.3. The second-order valence-corrected chi connectivity index (χ2v) is 11.2. The maximum absolute atomic E-state index is 12.3. The Bertz CT molecular complexity index is 432. The van der Waals surface area contributed by atoms with E-state index in [4.69, 9.17) is 0 Å². The molecule has 1 saturated heterocycles. The molecule has 0 aromatic rings. The van der Waals surface area contributed by atoms with E-state index in [0.29, 0.717) is 18.6 Å². The SMILES string of the molecule is CCC1CNC(C(C)(C)C)CN1CCS(=O)(=O)C(C)(C)C. The minimum Gasteiger partial charge on any atom is -0.311 e. The van der Waals surface area contributed by atoms with E-state index in [1.807, 2.05) is 0 Å². The normalized spacial score (nSPS) is 26.0. The molecule has 1 aliphatic rings. The third-order valence-corrected chi connectivity index (χ3v) is 7.22. The predicted molar refractivity (Wildman–Crippen MR) is 90.4 cm³/mol. The molecule has 0 radical (unpaired) electrons. The summed E-state index contributed by atoms with van der Waals surface area (Å²) in [4.78, 5) is 2.37. The molecule has 4 nitrogen and oxygen atoms in total. The summed E-state index contributed by atoms with van der Waals surface area (Å²) in [6.45, 7) is 16.8. The smallest absolute Gasteiger partial charge is 0.156 e. The molecule has 0 aliphatic carbocycles. The molecule has 126 valence electrons. The summed E-state index contributed by atoms with van der Waals surface area (Å²) in [5, 5.41) is 3.63. The molecule has 0 aromatic carbocycles. The lowest BCUT2D eigenvalue weighted by Crippen LogP contribution is -2.60. The molecule has 0 aromatic heterocycles. The number of hydrogen-bond donors (Lipinski definition) is 1. The standard InChI is InChI=1S/C16H34N2O2S/c1-8-13-11-17-14(15(2,3)4)12-18(13)9-10-21(19,20)16(5,6)7/h13-14,17H,8-12H2,1-7H3. The van der Waals surface area contributed by atoms with Gasteiger partial charge in [-0.2, -0.15) is 0 Å². The molecular weight excluding hydrogens is 284 g/mol. The van der Waals surface area contributed by atoms with Crippen LogP contribution in [0, 0.1) is 5.41 Å². The van der Waals surface area contributed by atoms with E-state index in [9.17, 15) is 8.42 Å². The Labute approximate surface area is 131 Å². The number of rotatable bonds is 4. The maximum Gasteiger partial charge on any atom is 0.156 e. The molecule has 0 amide bonds. The van der Waals surface area contributed by atoms with E-state index in [0.717, 1.165) is 19.5 Å². The molecule has 2 atom stereocenters. The highest BCUT2D eigenvalue weighted by molar-refractivity contribution is 7.92. The van der Waals surface area contributed by atoms with Gasteiger partial charge in [0.1, 0.15) is 0 Å². The minimum atomic E-state index is -3.04. The fourth-order valence-electron chi connectivity index (χ4n) is 2.66. The van der Waals surface area contributed by atoms with Crippen molar-refractivity contribution in [3.05, 3.63) is 0 Å². The van der Waals surface area contributed by atoms with Gasteiger partial charge in [-0.15, -0.1) is 0 Å². The van der Waals surface area contributed by atoms with Crippen molar-refractivity contribution in [3.63, 3.8) is 0 Å². The molecule has 0 bridgehead atoms. The molecule has 1 heterocycles. The van der Waals surface area contributed by atoms with Crippen molar-refractivity contribution in [2.24, 2.45) is 5.41 Å². The van der Waals surface area contributed by atoms with Gasteiger partial charge in [-0.25, -0.2) is 8.42 Å². The zero-order valence-corrected chi connectivity index (χ0v) is 15.7. The van der Waals surface area contributed by atoms with Crippen LogP contribution in [0.5, 0.6) is 0 Å². The second kappa shape index (κ2) is 6.55. The first kappa shape index (κ1) is 18.9. The van der Waals surface area contributed by atoms with Crippen LogP contribution in [0.15, 0.2) is 0 Å². The fraction of sp³-hybridized carbons (Fsp3) is 1.00. The first-order valence-corrected chi connectivity index (χ1v) is 9.73. The third-order valence-electron chi connectivity index (χ3n) is 4.63. The van der Waals surface area contributed by atoms with Crippen molar-refractivity contribution in [2.45, 2.75) is 71.7 Å². The zero-order chi connectivity index (χ0) is 16.5. The van der Waals surface area contributed by atoms with Crippen LogP contribution in [0.4, 0.5) is 0 Å². The summed E-state index contributed by atoms with van der Waals surface area (Å²) < 4.78 is 24.0. The van der Waals surface area contributed by atoms with Crippen LogP contribution < -0.4 is 5.32 Å². The van der Waals surface area contributed by atoms with Crippen molar-refractivity contribution in [3.8, 4) is 0 Å². The van der Waals surface area contributed by atoms with Crippen LogP contribution in [-0.2, 0) is 9.84 Å². The average molecular weight is 319 g/mol. The molecule has 1 fully saturated rings. The molecule has 1 N–H and O–H groups in total. The van der Waals surface area contributed by atoms with Gasteiger partial charge < -0.3 is 5.32 Å². The highest BCUT2D eigenvalue weighted by Crippen LogP contribution is 2.25. The van der Waals surface area contributed by atoms with E-state index in [-0.39, 0.29) is 11.2 Å². The number of nitrogens with one attached hydrogen (secondary N) is 1. The second-order valence-electron chi connectivity index (χ2n) is 8.32. The topological polar surface area (TPSA) is 49.4 Å². The Morgan fingerprint density at radius 2 is 1.71 bits per heavy atom. The lowest BCUT2D eigenvalue weighted by molar-refractivity contribution is 0.0889. The summed E-state index contributed by atoms with van der Waals surface area (Å²) in [5.74, 6) is 0.254. The number of nitrogens with zero attached hydrogens (tertiary/aromatic N) is 1. The Morgan fingerprint density at radius 1 is 1.14 bits per heavy atom.